The second kappa shape index (κ2) is 5.97. The van der Waals surface area contributed by atoms with Gasteiger partial charge in [0.15, 0.2) is 0 Å². The maximum Gasteiger partial charge on any atom is 0.258 e. The molecule has 0 amide bonds. The molecule has 0 bridgehead atoms. The Bertz CT molecular complexity index is 775. The van der Waals surface area contributed by atoms with E-state index in [1.165, 1.54) is 0 Å². The Balaban J connectivity index is 1.68. The lowest BCUT2D eigenvalue weighted by Crippen LogP contribution is -2.28. The summed E-state index contributed by atoms with van der Waals surface area (Å²) in [5.74, 6) is 0.904. The molecule has 1 atom stereocenters. The fourth-order valence-electron chi connectivity index (χ4n) is 2.45. The Hall–Kier alpha value is -2.33. The molecule has 0 aliphatic heterocycles. The molecular formula is C17H18N2O2. The van der Waals surface area contributed by atoms with Crippen LogP contribution in [0.5, 0.6) is 0 Å². The van der Waals surface area contributed by atoms with Gasteiger partial charge in [0.2, 0.25) is 0 Å². The van der Waals surface area contributed by atoms with Crippen LogP contribution in [-0.4, -0.2) is 11.1 Å². The fraction of sp³-hybridized carbons (Fsp3) is 0.235. The van der Waals surface area contributed by atoms with Gasteiger partial charge < -0.3 is 14.3 Å². The van der Waals surface area contributed by atoms with Gasteiger partial charge in [0.05, 0.1) is 12.3 Å². The Labute approximate surface area is 123 Å². The first-order valence-electron chi connectivity index (χ1n) is 7.10. The van der Waals surface area contributed by atoms with Crippen LogP contribution in [0.2, 0.25) is 0 Å². The van der Waals surface area contributed by atoms with Gasteiger partial charge in [0.25, 0.3) is 5.56 Å². The molecule has 0 aliphatic rings. The number of furan rings is 1. The van der Waals surface area contributed by atoms with Crippen molar-refractivity contribution >= 4 is 10.8 Å². The first-order chi connectivity index (χ1) is 10.3. The molecule has 3 aromatic rings. The number of nitrogens with one attached hydrogen (secondary N) is 1. The van der Waals surface area contributed by atoms with Crippen LogP contribution in [0.1, 0.15) is 18.7 Å². The number of nitrogens with zero attached hydrogens (tertiary/aromatic N) is 1. The van der Waals surface area contributed by atoms with Crippen molar-refractivity contribution in [2.24, 2.45) is 0 Å². The van der Waals surface area contributed by atoms with Crippen molar-refractivity contribution in [3.8, 4) is 0 Å². The minimum atomic E-state index is 0.0561. The summed E-state index contributed by atoms with van der Waals surface area (Å²) < 4.78 is 7.09. The SMILES string of the molecule is CC(NCCn1ccc2ccccc2c1=O)c1ccco1. The summed E-state index contributed by atoms with van der Waals surface area (Å²) in [7, 11) is 0. The van der Waals surface area contributed by atoms with Crippen LogP contribution in [0.4, 0.5) is 0 Å². The number of rotatable bonds is 5. The molecule has 0 saturated carbocycles. The van der Waals surface area contributed by atoms with Gasteiger partial charge in [0.1, 0.15) is 5.76 Å². The molecule has 1 N–H and O–H groups in total. The van der Waals surface area contributed by atoms with E-state index in [9.17, 15) is 4.79 Å². The van der Waals surface area contributed by atoms with Gasteiger partial charge in [-0.2, -0.15) is 0 Å². The van der Waals surface area contributed by atoms with Crippen molar-refractivity contribution < 1.29 is 4.42 Å². The van der Waals surface area contributed by atoms with E-state index in [2.05, 4.69) is 5.32 Å². The average molecular weight is 282 g/mol. The molecule has 2 heterocycles. The smallest absolute Gasteiger partial charge is 0.258 e. The largest absolute Gasteiger partial charge is 0.468 e. The molecule has 108 valence electrons. The Morgan fingerprint density at radius 3 is 2.86 bits per heavy atom. The van der Waals surface area contributed by atoms with Crippen LogP contribution < -0.4 is 10.9 Å². The number of hydrogen-bond donors (Lipinski definition) is 1. The number of fused-ring (bicyclic) bond motifs is 1. The quantitative estimate of drug-likeness (QED) is 0.782. The molecule has 0 aliphatic carbocycles. The van der Waals surface area contributed by atoms with E-state index < -0.39 is 0 Å². The van der Waals surface area contributed by atoms with Gasteiger partial charge in [-0.1, -0.05) is 18.2 Å². The van der Waals surface area contributed by atoms with E-state index in [0.717, 1.165) is 16.5 Å². The molecule has 0 fully saturated rings. The third-order valence-corrected chi connectivity index (χ3v) is 3.66. The van der Waals surface area contributed by atoms with E-state index in [4.69, 9.17) is 4.42 Å². The highest BCUT2D eigenvalue weighted by atomic mass is 16.3. The highest BCUT2D eigenvalue weighted by Crippen LogP contribution is 2.12. The van der Waals surface area contributed by atoms with Crippen LogP contribution in [0.15, 0.2) is 64.1 Å². The van der Waals surface area contributed by atoms with Crippen molar-refractivity contribution in [1.82, 2.24) is 9.88 Å². The lowest BCUT2D eigenvalue weighted by atomic mass is 10.2. The summed E-state index contributed by atoms with van der Waals surface area (Å²) in [4.78, 5) is 12.3. The summed E-state index contributed by atoms with van der Waals surface area (Å²) in [5.41, 5.74) is 0.0561. The van der Waals surface area contributed by atoms with Crippen molar-refractivity contribution in [3.63, 3.8) is 0 Å². The second-order valence-electron chi connectivity index (χ2n) is 5.09. The lowest BCUT2D eigenvalue weighted by Gasteiger charge is -2.12. The molecule has 0 spiro atoms. The van der Waals surface area contributed by atoms with Gasteiger partial charge in [-0.05, 0) is 36.6 Å². The molecule has 2 aromatic heterocycles. The van der Waals surface area contributed by atoms with E-state index in [-0.39, 0.29) is 11.6 Å². The molecule has 3 rings (SSSR count). The number of aromatic nitrogens is 1. The van der Waals surface area contributed by atoms with Crippen LogP contribution in [0.3, 0.4) is 0 Å². The predicted octanol–water partition coefficient (Wildman–Crippen LogP) is 2.95. The summed E-state index contributed by atoms with van der Waals surface area (Å²) in [6, 6.07) is 13.6. The molecule has 0 saturated heterocycles. The average Bonchev–Trinajstić information content (AvgIpc) is 3.04. The monoisotopic (exact) mass is 282 g/mol. The van der Waals surface area contributed by atoms with Crippen LogP contribution in [0, 0.1) is 0 Å². The summed E-state index contributed by atoms with van der Waals surface area (Å²) in [6.45, 7) is 3.39. The minimum Gasteiger partial charge on any atom is -0.468 e. The number of pyridine rings is 1. The highest BCUT2D eigenvalue weighted by Gasteiger charge is 2.07. The number of hydrogen-bond acceptors (Lipinski definition) is 3. The molecular weight excluding hydrogens is 264 g/mol. The molecule has 1 aromatic carbocycles. The van der Waals surface area contributed by atoms with Gasteiger partial charge in [-0.15, -0.1) is 0 Å². The molecule has 0 radical (unpaired) electrons. The Morgan fingerprint density at radius 2 is 2.05 bits per heavy atom. The van der Waals surface area contributed by atoms with Gasteiger partial charge >= 0.3 is 0 Å². The summed E-state index contributed by atoms with van der Waals surface area (Å²) in [6.07, 6.45) is 3.52. The van der Waals surface area contributed by atoms with Crippen molar-refractivity contribution in [2.45, 2.75) is 19.5 Å². The molecule has 4 nitrogen and oxygen atoms in total. The van der Waals surface area contributed by atoms with Crippen molar-refractivity contribution in [1.29, 1.82) is 0 Å². The fourth-order valence-corrected chi connectivity index (χ4v) is 2.45. The highest BCUT2D eigenvalue weighted by molar-refractivity contribution is 5.81. The topological polar surface area (TPSA) is 47.2 Å². The van der Waals surface area contributed by atoms with E-state index in [1.807, 2.05) is 55.6 Å². The predicted molar refractivity (Wildman–Crippen MR) is 83.3 cm³/mol. The lowest BCUT2D eigenvalue weighted by molar-refractivity contribution is 0.422. The maximum atomic E-state index is 12.3. The normalized spacial score (nSPS) is 12.6. The zero-order valence-electron chi connectivity index (χ0n) is 12.0. The summed E-state index contributed by atoms with van der Waals surface area (Å²) >= 11 is 0. The first-order valence-corrected chi connectivity index (χ1v) is 7.10. The Kier molecular flexibility index (Phi) is 3.88. The Morgan fingerprint density at radius 1 is 1.19 bits per heavy atom. The first kappa shape index (κ1) is 13.6. The van der Waals surface area contributed by atoms with E-state index in [1.54, 1.807) is 10.8 Å². The maximum absolute atomic E-state index is 12.3. The van der Waals surface area contributed by atoms with Gasteiger partial charge in [0, 0.05) is 24.7 Å². The molecule has 1 unspecified atom stereocenters. The van der Waals surface area contributed by atoms with E-state index >= 15 is 0 Å². The number of benzene rings is 1. The summed E-state index contributed by atoms with van der Waals surface area (Å²) in [5, 5.41) is 5.10. The van der Waals surface area contributed by atoms with Crippen LogP contribution >= 0.6 is 0 Å². The van der Waals surface area contributed by atoms with Gasteiger partial charge in [-0.3, -0.25) is 4.79 Å². The van der Waals surface area contributed by atoms with Crippen LogP contribution in [0.25, 0.3) is 10.8 Å². The standard InChI is InChI=1S/C17H18N2O2/c1-13(16-7-4-12-21-16)18-9-11-19-10-8-14-5-2-3-6-15(14)17(19)20/h2-8,10,12-13,18H,9,11H2,1H3. The molecule has 21 heavy (non-hydrogen) atoms. The van der Waals surface area contributed by atoms with Gasteiger partial charge in [-0.25, -0.2) is 0 Å². The third kappa shape index (κ3) is 2.90. The zero-order chi connectivity index (χ0) is 14.7. The van der Waals surface area contributed by atoms with Crippen molar-refractivity contribution in [2.75, 3.05) is 6.54 Å². The zero-order valence-corrected chi connectivity index (χ0v) is 12.0. The molecule has 4 heteroatoms. The van der Waals surface area contributed by atoms with E-state index in [0.29, 0.717) is 13.1 Å². The second-order valence-corrected chi connectivity index (χ2v) is 5.09. The van der Waals surface area contributed by atoms with Crippen molar-refractivity contribution in [3.05, 3.63) is 71.0 Å². The van der Waals surface area contributed by atoms with Crippen LogP contribution in [-0.2, 0) is 6.54 Å². The third-order valence-electron chi connectivity index (χ3n) is 3.66. The minimum absolute atomic E-state index is 0.0561.